The molecule has 1 aromatic heterocycles. The molecule has 7 nitrogen and oxygen atoms in total. The highest BCUT2D eigenvalue weighted by Gasteiger charge is 2.44. The quantitative estimate of drug-likeness (QED) is 0.676. The highest BCUT2D eigenvalue weighted by atomic mass is 32.2. The molecular formula is C9H12N2O5S. The highest BCUT2D eigenvalue weighted by Crippen LogP contribution is 2.27. The second-order valence-corrected chi connectivity index (χ2v) is 6.26. The third kappa shape index (κ3) is 2.06. The number of carbonyl (C=O) groups is 1. The number of aromatic amines is 1. The molecule has 0 unspecified atom stereocenters. The van der Waals surface area contributed by atoms with Crippen LogP contribution in [0.2, 0.25) is 0 Å². The molecule has 1 fully saturated rings. The first kappa shape index (κ1) is 12.1. The summed E-state index contributed by atoms with van der Waals surface area (Å²) in [5, 5.41) is 18.2. The van der Waals surface area contributed by atoms with Crippen LogP contribution >= 0.6 is 0 Å². The van der Waals surface area contributed by atoms with E-state index in [-0.39, 0.29) is 23.7 Å². The number of β-amino-alcohol motifs (C(OH)–C–C–N with tert-alkyl or cyclic N) is 1. The lowest BCUT2D eigenvalue weighted by molar-refractivity contribution is -0.0426. The largest absolute Gasteiger partial charge is 0.477 e. The molecule has 1 aromatic rings. The normalized spacial score (nSPS) is 19.9. The van der Waals surface area contributed by atoms with Crippen LogP contribution in [0.3, 0.4) is 0 Å². The van der Waals surface area contributed by atoms with Crippen molar-refractivity contribution in [2.75, 3.05) is 13.1 Å². The van der Waals surface area contributed by atoms with Crippen LogP contribution in [-0.4, -0.2) is 52.6 Å². The lowest BCUT2D eigenvalue weighted by Gasteiger charge is -2.42. The number of sulfonamides is 1. The maximum absolute atomic E-state index is 11.9. The summed E-state index contributed by atoms with van der Waals surface area (Å²) in [5.74, 6) is -1.22. The molecular weight excluding hydrogens is 248 g/mol. The van der Waals surface area contributed by atoms with E-state index in [9.17, 15) is 18.3 Å². The summed E-state index contributed by atoms with van der Waals surface area (Å²) in [5.41, 5.74) is -1.19. The summed E-state index contributed by atoms with van der Waals surface area (Å²) in [6, 6.07) is 1.06. The van der Waals surface area contributed by atoms with Crippen molar-refractivity contribution in [2.45, 2.75) is 17.4 Å². The second kappa shape index (κ2) is 3.56. The van der Waals surface area contributed by atoms with Gasteiger partial charge in [-0.2, -0.15) is 4.31 Å². The smallest absolute Gasteiger partial charge is 0.352 e. The predicted molar refractivity (Wildman–Crippen MR) is 57.1 cm³/mol. The minimum absolute atomic E-state index is 0.0168. The average molecular weight is 260 g/mol. The molecule has 0 aromatic carbocycles. The van der Waals surface area contributed by atoms with E-state index in [4.69, 9.17) is 5.11 Å². The van der Waals surface area contributed by atoms with E-state index in [1.165, 1.54) is 0 Å². The van der Waals surface area contributed by atoms with Gasteiger partial charge in [-0.3, -0.25) is 0 Å². The number of H-pyrrole nitrogens is 1. The monoisotopic (exact) mass is 260 g/mol. The van der Waals surface area contributed by atoms with Crippen molar-refractivity contribution in [3.05, 3.63) is 18.0 Å². The zero-order chi connectivity index (χ0) is 12.8. The highest BCUT2D eigenvalue weighted by molar-refractivity contribution is 7.89. The molecule has 0 saturated carbocycles. The van der Waals surface area contributed by atoms with Crippen LogP contribution in [0.15, 0.2) is 17.2 Å². The third-order valence-electron chi connectivity index (χ3n) is 2.56. The summed E-state index contributed by atoms with van der Waals surface area (Å²) in [6.45, 7) is 1.57. The third-order valence-corrected chi connectivity index (χ3v) is 4.33. The van der Waals surface area contributed by atoms with Gasteiger partial charge in [-0.25, -0.2) is 13.2 Å². The summed E-state index contributed by atoms with van der Waals surface area (Å²) < 4.78 is 25.0. The molecule has 0 atom stereocenters. The van der Waals surface area contributed by atoms with E-state index < -0.39 is 21.6 Å². The van der Waals surface area contributed by atoms with Gasteiger partial charge in [-0.05, 0) is 13.0 Å². The van der Waals surface area contributed by atoms with Gasteiger partial charge in [-0.1, -0.05) is 0 Å². The first-order chi connectivity index (χ1) is 7.72. The molecule has 1 aliphatic rings. The molecule has 0 amide bonds. The van der Waals surface area contributed by atoms with E-state index in [1.807, 2.05) is 0 Å². The number of carboxylic acids is 1. The average Bonchev–Trinajstić information content (AvgIpc) is 2.62. The van der Waals surface area contributed by atoms with Gasteiger partial charge in [0.2, 0.25) is 10.0 Å². The second-order valence-electron chi connectivity index (χ2n) is 4.32. The van der Waals surface area contributed by atoms with E-state index >= 15 is 0 Å². The Kier molecular flexibility index (Phi) is 2.53. The Bertz CT molecular complexity index is 552. The molecule has 94 valence electrons. The maximum Gasteiger partial charge on any atom is 0.352 e. The Morgan fingerprint density at radius 2 is 2.12 bits per heavy atom. The van der Waals surface area contributed by atoms with Gasteiger partial charge in [0, 0.05) is 19.3 Å². The zero-order valence-electron chi connectivity index (χ0n) is 9.04. The van der Waals surface area contributed by atoms with Crippen molar-refractivity contribution in [1.29, 1.82) is 0 Å². The summed E-state index contributed by atoms with van der Waals surface area (Å²) in [7, 11) is -3.71. The molecule has 0 radical (unpaired) electrons. The lowest BCUT2D eigenvalue weighted by Crippen LogP contribution is -2.61. The van der Waals surface area contributed by atoms with Crippen molar-refractivity contribution in [1.82, 2.24) is 9.29 Å². The molecule has 17 heavy (non-hydrogen) atoms. The Morgan fingerprint density at radius 1 is 1.53 bits per heavy atom. The number of hydrogen-bond acceptors (Lipinski definition) is 4. The summed E-state index contributed by atoms with van der Waals surface area (Å²) in [6.07, 6.45) is 1.13. The molecule has 3 N–H and O–H groups in total. The van der Waals surface area contributed by atoms with Crippen LogP contribution in [0.25, 0.3) is 0 Å². The van der Waals surface area contributed by atoms with Crippen LogP contribution in [0.5, 0.6) is 0 Å². The summed E-state index contributed by atoms with van der Waals surface area (Å²) >= 11 is 0. The van der Waals surface area contributed by atoms with Gasteiger partial charge in [0.05, 0.1) is 5.60 Å². The number of nitrogens with one attached hydrogen (secondary N) is 1. The van der Waals surface area contributed by atoms with Crippen molar-refractivity contribution >= 4 is 16.0 Å². The van der Waals surface area contributed by atoms with Crippen molar-refractivity contribution in [3.63, 3.8) is 0 Å². The van der Waals surface area contributed by atoms with Gasteiger partial charge < -0.3 is 15.2 Å². The van der Waals surface area contributed by atoms with Gasteiger partial charge in [0.15, 0.2) is 0 Å². The fourth-order valence-electron chi connectivity index (χ4n) is 1.68. The van der Waals surface area contributed by atoms with E-state index in [0.29, 0.717) is 0 Å². The van der Waals surface area contributed by atoms with Crippen LogP contribution in [0, 0.1) is 0 Å². The SMILES string of the molecule is CC1(O)CN(S(=O)(=O)c2c[nH]c(C(=O)O)c2)C1. The van der Waals surface area contributed by atoms with Crippen LogP contribution in [0.1, 0.15) is 17.4 Å². The maximum atomic E-state index is 11.9. The molecule has 2 rings (SSSR count). The fraction of sp³-hybridized carbons (Fsp3) is 0.444. The van der Waals surface area contributed by atoms with Crippen molar-refractivity contribution in [2.24, 2.45) is 0 Å². The molecule has 0 bridgehead atoms. The number of carboxylic acid groups (broad SMARTS) is 1. The minimum atomic E-state index is -3.71. The minimum Gasteiger partial charge on any atom is -0.477 e. The summed E-state index contributed by atoms with van der Waals surface area (Å²) in [4.78, 5) is 12.9. The van der Waals surface area contributed by atoms with E-state index in [0.717, 1.165) is 16.6 Å². The van der Waals surface area contributed by atoms with Gasteiger partial charge in [-0.15, -0.1) is 0 Å². The Balaban J connectivity index is 2.24. The Morgan fingerprint density at radius 3 is 2.53 bits per heavy atom. The number of aromatic carboxylic acids is 1. The molecule has 0 spiro atoms. The number of aromatic nitrogens is 1. The first-order valence-corrected chi connectivity index (χ1v) is 6.31. The van der Waals surface area contributed by atoms with Gasteiger partial charge in [0.1, 0.15) is 10.6 Å². The standard InChI is InChI=1S/C9H12N2O5S/c1-9(14)4-11(5-9)17(15,16)6-2-7(8(12)13)10-3-6/h2-3,10,14H,4-5H2,1H3,(H,12,13). The van der Waals surface area contributed by atoms with Crippen molar-refractivity contribution < 1.29 is 23.4 Å². The van der Waals surface area contributed by atoms with E-state index in [2.05, 4.69) is 4.98 Å². The fourth-order valence-corrected chi connectivity index (χ4v) is 3.35. The van der Waals surface area contributed by atoms with Crippen molar-refractivity contribution in [3.8, 4) is 0 Å². The van der Waals surface area contributed by atoms with E-state index in [1.54, 1.807) is 6.92 Å². The molecule has 1 aliphatic heterocycles. The first-order valence-electron chi connectivity index (χ1n) is 4.87. The number of aliphatic hydroxyl groups is 1. The van der Waals surface area contributed by atoms with Crippen LogP contribution < -0.4 is 0 Å². The van der Waals surface area contributed by atoms with Gasteiger partial charge >= 0.3 is 5.97 Å². The number of hydrogen-bond donors (Lipinski definition) is 3. The van der Waals surface area contributed by atoms with Gasteiger partial charge in [0.25, 0.3) is 0 Å². The molecule has 8 heteroatoms. The molecule has 0 aliphatic carbocycles. The van der Waals surface area contributed by atoms with Crippen LogP contribution in [0.4, 0.5) is 0 Å². The lowest BCUT2D eigenvalue weighted by atomic mass is 10.0. The zero-order valence-corrected chi connectivity index (χ0v) is 9.86. The number of nitrogens with zero attached hydrogens (tertiary/aromatic N) is 1. The predicted octanol–water partition coefficient (Wildman–Crippen LogP) is -0.532. The van der Waals surface area contributed by atoms with Crippen LogP contribution in [-0.2, 0) is 10.0 Å². The Labute approximate surface area is 97.7 Å². The Hall–Kier alpha value is -1.38. The molecule has 2 heterocycles. The molecule has 1 saturated heterocycles. The number of rotatable bonds is 3. The topological polar surface area (TPSA) is 111 Å².